The Labute approximate surface area is 144 Å². The van der Waals surface area contributed by atoms with Crippen LogP contribution >= 0.6 is 23.4 Å². The first-order valence-electron chi connectivity index (χ1n) is 7.78. The number of carbonyl (C=O) groups is 1. The first kappa shape index (κ1) is 15.3. The Bertz CT molecular complexity index is 757. The lowest BCUT2D eigenvalue weighted by Gasteiger charge is -2.47. The number of hydrogen-bond donors (Lipinski definition) is 0. The summed E-state index contributed by atoms with van der Waals surface area (Å²) >= 11 is 7.91. The molecule has 1 atom stereocenters. The molecule has 2 saturated heterocycles. The van der Waals surface area contributed by atoms with E-state index in [4.69, 9.17) is 16.3 Å². The first-order chi connectivity index (χ1) is 11.1. The number of hydrogen-bond acceptors (Lipinski definition) is 4. The van der Waals surface area contributed by atoms with E-state index in [1.54, 1.807) is 22.9 Å². The Morgan fingerprint density at radius 1 is 1.48 bits per heavy atom. The van der Waals surface area contributed by atoms with Crippen LogP contribution in [-0.2, 0) is 4.74 Å². The number of imidazole rings is 1. The second kappa shape index (κ2) is 5.69. The third kappa shape index (κ3) is 2.73. The molecule has 4 heterocycles. The van der Waals surface area contributed by atoms with Gasteiger partial charge < -0.3 is 14.0 Å². The molecule has 1 amide bonds. The van der Waals surface area contributed by atoms with Gasteiger partial charge in [-0.3, -0.25) is 4.79 Å². The van der Waals surface area contributed by atoms with Crippen LogP contribution in [0, 0.1) is 0 Å². The zero-order valence-corrected chi connectivity index (χ0v) is 14.4. The molecular formula is C16H18ClN3O2S. The lowest BCUT2D eigenvalue weighted by molar-refractivity contribution is 0.0356. The monoisotopic (exact) mass is 351 g/mol. The van der Waals surface area contributed by atoms with Crippen molar-refractivity contribution in [3.05, 3.63) is 35.2 Å². The highest BCUT2D eigenvalue weighted by Crippen LogP contribution is 2.46. The molecule has 4 rings (SSSR count). The van der Waals surface area contributed by atoms with Crippen LogP contribution in [-0.4, -0.2) is 56.5 Å². The first-order valence-corrected chi connectivity index (χ1v) is 9.14. The van der Waals surface area contributed by atoms with Crippen molar-refractivity contribution in [2.75, 3.05) is 25.4 Å². The SMILES string of the molecule is CCOC1CSC2(C1)CN(C(=O)c1cn3cc(Cl)ccc3n1)C2. The van der Waals surface area contributed by atoms with E-state index < -0.39 is 0 Å². The van der Waals surface area contributed by atoms with Gasteiger partial charge >= 0.3 is 0 Å². The Balaban J connectivity index is 1.44. The topological polar surface area (TPSA) is 46.8 Å². The molecule has 2 aliphatic rings. The Morgan fingerprint density at radius 2 is 2.30 bits per heavy atom. The number of carbonyl (C=O) groups excluding carboxylic acids is 1. The Hall–Kier alpha value is -1.24. The molecule has 0 radical (unpaired) electrons. The lowest BCUT2D eigenvalue weighted by atomic mass is 9.92. The van der Waals surface area contributed by atoms with E-state index in [0.717, 1.165) is 37.5 Å². The fourth-order valence-electron chi connectivity index (χ4n) is 3.39. The summed E-state index contributed by atoms with van der Waals surface area (Å²) in [5, 5.41) is 0.626. The van der Waals surface area contributed by atoms with Gasteiger partial charge in [0.05, 0.1) is 15.9 Å². The third-order valence-electron chi connectivity index (χ3n) is 4.46. The lowest BCUT2D eigenvalue weighted by Crippen LogP contribution is -2.60. The number of aromatic nitrogens is 2. The number of likely N-dealkylation sites (tertiary alicyclic amines) is 1. The summed E-state index contributed by atoms with van der Waals surface area (Å²) in [4.78, 5) is 18.9. The van der Waals surface area contributed by atoms with E-state index >= 15 is 0 Å². The van der Waals surface area contributed by atoms with Crippen LogP contribution in [0.2, 0.25) is 5.02 Å². The zero-order valence-electron chi connectivity index (χ0n) is 12.9. The number of thioether (sulfide) groups is 1. The van der Waals surface area contributed by atoms with Crippen molar-refractivity contribution in [2.24, 2.45) is 0 Å². The Morgan fingerprint density at radius 3 is 3.09 bits per heavy atom. The van der Waals surface area contributed by atoms with Crippen LogP contribution in [0.25, 0.3) is 5.65 Å². The molecule has 2 fully saturated rings. The van der Waals surface area contributed by atoms with Crippen molar-refractivity contribution in [3.8, 4) is 0 Å². The van der Waals surface area contributed by atoms with E-state index in [1.807, 2.05) is 29.7 Å². The second-order valence-corrected chi connectivity index (χ2v) is 8.10. The fraction of sp³-hybridized carbons (Fsp3) is 0.500. The normalized spacial score (nSPS) is 22.7. The van der Waals surface area contributed by atoms with Gasteiger partial charge in [-0.05, 0) is 25.5 Å². The minimum Gasteiger partial charge on any atom is -0.378 e. The summed E-state index contributed by atoms with van der Waals surface area (Å²) in [6.45, 7) is 4.36. The minimum atomic E-state index is -0.00379. The second-order valence-electron chi connectivity index (χ2n) is 6.18. The van der Waals surface area contributed by atoms with Gasteiger partial charge in [0.2, 0.25) is 0 Å². The molecule has 23 heavy (non-hydrogen) atoms. The average molecular weight is 352 g/mol. The van der Waals surface area contributed by atoms with Gasteiger partial charge in [-0.1, -0.05) is 11.6 Å². The maximum Gasteiger partial charge on any atom is 0.274 e. The molecule has 0 aliphatic carbocycles. The quantitative estimate of drug-likeness (QED) is 0.853. The summed E-state index contributed by atoms with van der Waals surface area (Å²) in [6.07, 6.45) is 4.88. The van der Waals surface area contributed by atoms with Crippen molar-refractivity contribution >= 4 is 34.9 Å². The van der Waals surface area contributed by atoms with Crippen molar-refractivity contribution in [1.29, 1.82) is 0 Å². The number of ether oxygens (including phenoxy) is 1. The standard InChI is InChI=1S/C16H18ClN3O2S/c1-2-22-12-5-16(23-8-12)9-20(10-16)15(21)13-7-19-6-11(17)3-4-14(19)18-13/h3-4,6-7,12H,2,5,8-10H2,1H3. The average Bonchev–Trinajstić information content (AvgIpc) is 3.09. The molecule has 2 aliphatic heterocycles. The van der Waals surface area contributed by atoms with Gasteiger partial charge in [0.25, 0.3) is 5.91 Å². The van der Waals surface area contributed by atoms with E-state index in [-0.39, 0.29) is 10.7 Å². The number of amides is 1. The van der Waals surface area contributed by atoms with Crippen molar-refractivity contribution in [2.45, 2.75) is 24.2 Å². The number of rotatable bonds is 3. The summed E-state index contributed by atoms with van der Waals surface area (Å²) in [5.41, 5.74) is 1.21. The van der Waals surface area contributed by atoms with Gasteiger partial charge in [-0.2, -0.15) is 0 Å². The van der Waals surface area contributed by atoms with Crippen molar-refractivity contribution < 1.29 is 9.53 Å². The van der Waals surface area contributed by atoms with E-state index in [9.17, 15) is 4.79 Å². The molecule has 2 aromatic heterocycles. The van der Waals surface area contributed by atoms with Gasteiger partial charge in [-0.15, -0.1) is 11.8 Å². The molecule has 0 N–H and O–H groups in total. The van der Waals surface area contributed by atoms with Crippen LogP contribution in [0.5, 0.6) is 0 Å². The van der Waals surface area contributed by atoms with Crippen molar-refractivity contribution in [1.82, 2.24) is 14.3 Å². The largest absolute Gasteiger partial charge is 0.378 e. The number of pyridine rings is 1. The molecule has 0 bridgehead atoms. The molecule has 1 unspecified atom stereocenters. The van der Waals surface area contributed by atoms with Gasteiger partial charge in [-0.25, -0.2) is 4.98 Å². The molecule has 7 heteroatoms. The number of nitrogens with zero attached hydrogens (tertiary/aromatic N) is 3. The van der Waals surface area contributed by atoms with Crippen LogP contribution in [0.4, 0.5) is 0 Å². The van der Waals surface area contributed by atoms with Crippen LogP contribution < -0.4 is 0 Å². The van der Waals surface area contributed by atoms with Gasteiger partial charge in [0.1, 0.15) is 11.3 Å². The maximum atomic E-state index is 12.6. The number of halogens is 1. The zero-order chi connectivity index (χ0) is 16.0. The number of fused-ring (bicyclic) bond motifs is 1. The van der Waals surface area contributed by atoms with E-state index in [1.165, 1.54) is 0 Å². The molecule has 122 valence electrons. The third-order valence-corrected chi connectivity index (χ3v) is 6.26. The highest BCUT2D eigenvalue weighted by atomic mass is 35.5. The highest BCUT2D eigenvalue weighted by Gasteiger charge is 2.51. The molecular weight excluding hydrogens is 334 g/mol. The summed E-state index contributed by atoms with van der Waals surface area (Å²) in [5.74, 6) is 1.03. The van der Waals surface area contributed by atoms with Crippen LogP contribution in [0.1, 0.15) is 23.8 Å². The summed E-state index contributed by atoms with van der Waals surface area (Å²) in [6, 6.07) is 3.59. The molecule has 0 aromatic carbocycles. The van der Waals surface area contributed by atoms with Crippen molar-refractivity contribution in [3.63, 3.8) is 0 Å². The molecule has 2 aromatic rings. The van der Waals surface area contributed by atoms with E-state index in [2.05, 4.69) is 4.98 Å². The summed E-state index contributed by atoms with van der Waals surface area (Å²) in [7, 11) is 0. The van der Waals surface area contributed by atoms with Gasteiger partial charge in [0, 0.05) is 37.8 Å². The molecule has 1 spiro atoms. The highest BCUT2D eigenvalue weighted by molar-refractivity contribution is 8.01. The smallest absolute Gasteiger partial charge is 0.274 e. The molecule has 5 nitrogen and oxygen atoms in total. The predicted octanol–water partition coefficient (Wildman–Crippen LogP) is 2.72. The minimum absolute atomic E-state index is 0.00379. The summed E-state index contributed by atoms with van der Waals surface area (Å²) < 4.78 is 7.70. The predicted molar refractivity (Wildman–Crippen MR) is 91.3 cm³/mol. The van der Waals surface area contributed by atoms with Gasteiger partial charge in [0.15, 0.2) is 0 Å². The van der Waals surface area contributed by atoms with E-state index in [0.29, 0.717) is 16.8 Å². The fourth-order valence-corrected chi connectivity index (χ4v) is 5.11. The maximum absolute atomic E-state index is 12.6. The Kier molecular flexibility index (Phi) is 3.78. The van der Waals surface area contributed by atoms with Crippen LogP contribution in [0.15, 0.2) is 24.5 Å². The molecule has 0 saturated carbocycles. The van der Waals surface area contributed by atoms with Crippen LogP contribution in [0.3, 0.4) is 0 Å².